The maximum atomic E-state index is 12.6. The van der Waals surface area contributed by atoms with Gasteiger partial charge in [-0.25, -0.2) is 50.4 Å². The van der Waals surface area contributed by atoms with E-state index in [1.807, 2.05) is 0 Å². The number of aromatic carboxylic acids is 2. The maximum absolute atomic E-state index is 12.6. The number of hydrogen-bond acceptors (Lipinski definition) is 22. The summed E-state index contributed by atoms with van der Waals surface area (Å²) in [4.78, 5) is 72.6. The van der Waals surface area contributed by atoms with Gasteiger partial charge in [0.15, 0.2) is 14.9 Å². The first-order chi connectivity index (χ1) is 38.2. The predicted molar refractivity (Wildman–Crippen MR) is 261 cm³/mol. The molecule has 0 bridgehead atoms. The molecule has 3 aromatic heterocycles. The van der Waals surface area contributed by atoms with E-state index in [2.05, 4.69) is 39.7 Å². The second-order valence-corrected chi connectivity index (χ2v) is 20.4. The number of aromatic nitrogens is 5. The molecule has 0 radical (unpaired) electrons. The van der Waals surface area contributed by atoms with Gasteiger partial charge in [-0.05, 0) is 48.5 Å². The number of nitro benzene ring substituents is 1. The molecule has 0 unspecified atom stereocenters. The number of carbonyl (C=O) groups is 4. The average Bonchev–Trinajstić information content (AvgIpc) is 3.59. The van der Waals surface area contributed by atoms with Crippen molar-refractivity contribution < 1.29 is 114 Å². The van der Waals surface area contributed by atoms with E-state index in [0.29, 0.717) is 12.1 Å². The molecule has 0 spiro atoms. The highest BCUT2D eigenvalue weighted by atomic mass is 35.5. The fourth-order valence-corrected chi connectivity index (χ4v) is 9.55. The number of sulfone groups is 1. The van der Waals surface area contributed by atoms with Crippen molar-refractivity contribution in [1.29, 1.82) is 0 Å². The third-order valence-corrected chi connectivity index (χ3v) is 14.0. The Morgan fingerprint density at radius 1 is 0.683 bits per heavy atom. The number of ether oxygens (including phenoxy) is 5. The molecule has 0 aliphatic rings. The van der Waals surface area contributed by atoms with E-state index in [1.54, 1.807) is 10.0 Å². The zero-order valence-corrected chi connectivity index (χ0v) is 44.0. The molecule has 40 heteroatoms. The maximum Gasteiger partial charge on any atom is 0.416 e. The second kappa shape index (κ2) is 27.6. The van der Waals surface area contributed by atoms with Gasteiger partial charge in [-0.2, -0.15) is 59.1 Å². The van der Waals surface area contributed by atoms with E-state index in [0.717, 1.165) is 54.7 Å². The standard InChI is InChI=1S/C14H7ClF3NO5.C14H10F4N4O7S.C14H17N5O7S2/c15-10-5-7(14(16,17)18)1-4-12(10)24-8-2-3-11(19(22)23)9(6-8)13(20)21;15-11(16)28-8-5-9(29-12(17)18)20-13(19-8)21-14(25)22-30(26,27)7-4-2-1-3-6(7)10(23)24;1-4-27(21,22)9-6-5-7-15-12(9)28(23,24)19-14(20)18-13-16-10(25-2)8-11(17-13)26-3/h1-6H,(H,20,21);1-5,11-12H,(H,23,24)(H2,19,20,21,22,25);5-8H,4H2,1-3H3,(H2,16,17,18,19,20). The van der Waals surface area contributed by atoms with E-state index < -0.39 is 133 Å². The summed E-state index contributed by atoms with van der Waals surface area (Å²) in [6.45, 7) is -5.46. The smallest absolute Gasteiger partial charge is 0.416 e. The number of pyridine rings is 1. The third kappa shape index (κ3) is 18.5. The number of halogens is 8. The van der Waals surface area contributed by atoms with E-state index in [-0.39, 0.29) is 40.0 Å². The van der Waals surface area contributed by atoms with Crippen LogP contribution in [0.3, 0.4) is 0 Å². The summed E-state index contributed by atoms with van der Waals surface area (Å²) in [6.07, 6.45) is -3.48. The van der Waals surface area contributed by atoms with Gasteiger partial charge in [-0.3, -0.25) is 20.7 Å². The number of amides is 4. The summed E-state index contributed by atoms with van der Waals surface area (Å²) < 4.78 is 187. The van der Waals surface area contributed by atoms with Crippen LogP contribution in [0.5, 0.6) is 35.0 Å². The Kier molecular flexibility index (Phi) is 21.9. The van der Waals surface area contributed by atoms with E-state index in [9.17, 15) is 85.3 Å². The van der Waals surface area contributed by atoms with Crippen LogP contribution >= 0.6 is 11.6 Å². The minimum absolute atomic E-state index is 0.0612. The minimum Gasteiger partial charge on any atom is -0.481 e. The van der Waals surface area contributed by atoms with Crippen molar-refractivity contribution >= 4 is 83.1 Å². The van der Waals surface area contributed by atoms with Gasteiger partial charge in [-0.1, -0.05) is 30.7 Å². The third-order valence-electron chi connectivity index (χ3n) is 9.10. The number of hydrogen-bond donors (Lipinski definition) is 6. The van der Waals surface area contributed by atoms with Crippen LogP contribution in [0.15, 0.2) is 106 Å². The molecule has 3 aromatic carbocycles. The molecule has 6 N–H and O–H groups in total. The summed E-state index contributed by atoms with van der Waals surface area (Å²) in [5.41, 5.74) is -2.89. The topological polar surface area (TPSA) is 413 Å². The fraction of sp³-hybridized carbons (Fsp3) is 0.167. The van der Waals surface area contributed by atoms with Crippen molar-refractivity contribution in [3.63, 3.8) is 0 Å². The first kappa shape index (κ1) is 65.0. The monoisotopic (exact) mass is 1250 g/mol. The van der Waals surface area contributed by atoms with Crippen LogP contribution in [-0.4, -0.2) is 123 Å². The number of rotatable bonds is 19. The lowest BCUT2D eigenvalue weighted by Gasteiger charge is -2.11. The molecule has 0 aliphatic heterocycles. The number of carboxylic acids is 2. The number of urea groups is 2. The van der Waals surface area contributed by atoms with Gasteiger partial charge in [0.25, 0.3) is 25.7 Å². The van der Waals surface area contributed by atoms with Crippen molar-refractivity contribution in [2.45, 2.75) is 41.1 Å². The number of nitrogens with zero attached hydrogens (tertiary/aromatic N) is 6. The molecule has 6 aromatic rings. The lowest BCUT2D eigenvalue weighted by molar-refractivity contribution is -0.385. The molecule has 0 saturated heterocycles. The van der Waals surface area contributed by atoms with Gasteiger partial charge < -0.3 is 33.9 Å². The molecule has 3 heterocycles. The van der Waals surface area contributed by atoms with Gasteiger partial charge in [0, 0.05) is 18.3 Å². The van der Waals surface area contributed by atoms with Crippen LogP contribution in [0.1, 0.15) is 33.2 Å². The number of benzene rings is 3. The Morgan fingerprint density at radius 2 is 1.18 bits per heavy atom. The Hall–Kier alpha value is -9.50. The van der Waals surface area contributed by atoms with Crippen molar-refractivity contribution in [3.05, 3.63) is 123 Å². The van der Waals surface area contributed by atoms with Gasteiger partial charge in [0.05, 0.1) is 53.2 Å². The number of anilines is 2. The average molecular weight is 1250 g/mol. The van der Waals surface area contributed by atoms with E-state index in [1.165, 1.54) is 50.1 Å². The van der Waals surface area contributed by atoms with Gasteiger partial charge in [0.2, 0.25) is 35.4 Å². The van der Waals surface area contributed by atoms with Crippen LogP contribution in [0.2, 0.25) is 5.02 Å². The number of carboxylic acid groups (broad SMARTS) is 2. The lowest BCUT2D eigenvalue weighted by Crippen LogP contribution is -2.36. The zero-order valence-electron chi connectivity index (χ0n) is 40.8. The van der Waals surface area contributed by atoms with Crippen molar-refractivity contribution in [2.24, 2.45) is 0 Å². The first-order valence-corrected chi connectivity index (χ1v) is 26.2. The molecule has 29 nitrogen and oxygen atoms in total. The van der Waals surface area contributed by atoms with E-state index in [4.69, 9.17) is 36.0 Å². The zero-order chi connectivity index (χ0) is 61.5. The number of methoxy groups -OCH3 is 2. The second-order valence-electron chi connectivity index (χ2n) is 14.5. The van der Waals surface area contributed by atoms with Crippen molar-refractivity contribution in [3.8, 4) is 35.0 Å². The Balaban J connectivity index is 0.000000266. The lowest BCUT2D eigenvalue weighted by atomic mass is 10.1. The molecule has 6 rings (SSSR count). The first-order valence-electron chi connectivity index (χ1n) is 21.2. The van der Waals surface area contributed by atoms with Crippen molar-refractivity contribution in [1.82, 2.24) is 34.4 Å². The molecular formula is C42H34ClF7N10O19S3. The summed E-state index contributed by atoms with van der Waals surface area (Å²) in [5.74, 6) is -6.81. The molecular weight excluding hydrogens is 1210 g/mol. The largest absolute Gasteiger partial charge is 0.481 e. The van der Waals surface area contributed by atoms with Gasteiger partial charge in [0.1, 0.15) is 26.9 Å². The number of nitrogens with one attached hydrogen (secondary N) is 4. The highest BCUT2D eigenvalue weighted by Crippen LogP contribution is 2.37. The number of alkyl halides is 7. The van der Waals surface area contributed by atoms with Crippen LogP contribution < -0.4 is 43.8 Å². The van der Waals surface area contributed by atoms with E-state index >= 15 is 0 Å². The summed E-state index contributed by atoms with van der Waals surface area (Å²) >= 11 is 5.72. The van der Waals surface area contributed by atoms with Crippen LogP contribution in [0.4, 0.5) is 57.9 Å². The summed E-state index contributed by atoms with van der Waals surface area (Å²) in [6, 6.07) is 11.0. The number of sulfonamides is 2. The normalized spacial score (nSPS) is 11.3. The van der Waals surface area contributed by atoms with Crippen LogP contribution in [0.25, 0.3) is 0 Å². The Bertz CT molecular complexity index is 3680. The highest BCUT2D eigenvalue weighted by Gasteiger charge is 2.32. The quantitative estimate of drug-likeness (QED) is 0.0274. The molecule has 0 fully saturated rings. The minimum atomic E-state index is -4.71. The summed E-state index contributed by atoms with van der Waals surface area (Å²) in [7, 11) is -10.6. The van der Waals surface area contributed by atoms with Crippen LogP contribution in [0, 0.1) is 10.1 Å². The SMILES string of the molecule is CCS(=O)(=O)c1cccnc1S(=O)(=O)NC(=O)Nc1nc(OC)cc(OC)n1.O=C(Nc1nc(OC(F)F)cc(OC(F)F)n1)NS(=O)(=O)c1ccccc1C(=O)O.O=C(O)c1cc(Oc2ccc(C(F)(F)F)cc2Cl)ccc1[N+](=O)[O-]. The highest BCUT2D eigenvalue weighted by molar-refractivity contribution is 7.93. The Labute approximate surface area is 459 Å². The summed E-state index contributed by atoms with van der Waals surface area (Å²) in [5, 5.41) is 31.4. The molecule has 0 aliphatic carbocycles. The molecule has 0 atom stereocenters. The fourth-order valence-electron chi connectivity index (χ4n) is 5.68. The van der Waals surface area contributed by atoms with Gasteiger partial charge in [-0.15, -0.1) is 0 Å². The molecule has 4 amide bonds. The Morgan fingerprint density at radius 3 is 1.66 bits per heavy atom. The molecule has 440 valence electrons. The molecule has 0 saturated carbocycles. The van der Waals surface area contributed by atoms with Crippen molar-refractivity contribution in [2.75, 3.05) is 30.6 Å². The number of carbonyl (C=O) groups excluding carboxylic acids is 2. The predicted octanol–water partition coefficient (Wildman–Crippen LogP) is 6.84. The number of nitro groups is 1. The van der Waals surface area contributed by atoms with Gasteiger partial charge >= 0.3 is 43.4 Å². The molecule has 82 heavy (non-hydrogen) atoms. The van der Waals surface area contributed by atoms with Crippen LogP contribution in [-0.2, 0) is 36.1 Å².